The Bertz CT molecular complexity index is 1080. The number of aromatic nitrogens is 2. The third kappa shape index (κ3) is 5.13. The number of anilines is 1. The topological polar surface area (TPSA) is 93.2 Å². The van der Waals surface area contributed by atoms with Crippen molar-refractivity contribution < 1.29 is 18.6 Å². The molecular weight excluding hydrogens is 392 g/mol. The lowest BCUT2D eigenvalue weighted by Gasteiger charge is -2.23. The molecule has 2 heterocycles. The van der Waals surface area contributed by atoms with Crippen LogP contribution in [0.1, 0.15) is 43.7 Å². The van der Waals surface area contributed by atoms with Gasteiger partial charge in [-0.2, -0.15) is 0 Å². The van der Waals surface area contributed by atoms with Crippen LogP contribution in [0, 0.1) is 6.92 Å². The number of nitrogens with one attached hydrogen (secondary N) is 2. The Balaban J connectivity index is 0.00000193. The number of benzene rings is 2. The first-order valence-corrected chi connectivity index (χ1v) is 10.3. The van der Waals surface area contributed by atoms with Gasteiger partial charge < -0.3 is 15.4 Å². The summed E-state index contributed by atoms with van der Waals surface area (Å²) in [6.45, 7) is 3.10. The smallest absolute Gasteiger partial charge is 0.276 e. The van der Waals surface area contributed by atoms with E-state index in [9.17, 15) is 9.59 Å². The molecule has 2 aromatic carbocycles. The molecule has 0 aliphatic carbocycles. The van der Waals surface area contributed by atoms with Crippen molar-refractivity contribution >= 4 is 17.5 Å². The average Bonchev–Trinajstić information content (AvgIpc) is 2.81. The fourth-order valence-corrected chi connectivity index (χ4v) is 3.42. The lowest BCUT2D eigenvalue weighted by atomic mass is 10.1. The zero-order valence-electron chi connectivity index (χ0n) is 17.3. The minimum atomic E-state index is -0.314. The first kappa shape index (κ1) is 20.7. The van der Waals surface area contributed by atoms with Gasteiger partial charge in [0.25, 0.3) is 11.8 Å². The van der Waals surface area contributed by atoms with Gasteiger partial charge in [0.2, 0.25) is 0 Å². The molecule has 3 aromatic rings. The van der Waals surface area contributed by atoms with E-state index in [0.717, 1.165) is 18.4 Å². The highest BCUT2D eigenvalue weighted by Crippen LogP contribution is 2.19. The Morgan fingerprint density at radius 2 is 1.71 bits per heavy atom. The number of rotatable bonds is 5. The molecule has 2 N–H and O–H groups in total. The first-order valence-electron chi connectivity index (χ1n) is 10.3. The second-order valence-corrected chi connectivity index (χ2v) is 7.45. The molecule has 1 aliphatic rings. The molecule has 31 heavy (non-hydrogen) atoms. The first-order chi connectivity index (χ1) is 15.1. The highest BCUT2D eigenvalue weighted by molar-refractivity contribution is 6.03. The van der Waals surface area contributed by atoms with Crippen molar-refractivity contribution in [2.75, 3.05) is 18.5 Å². The number of hydrogen-bond donors (Lipinski definition) is 2. The van der Waals surface area contributed by atoms with E-state index in [-0.39, 0.29) is 27.8 Å². The highest BCUT2D eigenvalue weighted by Gasteiger charge is 2.18. The number of aryl methyl sites for hydroxylation is 1. The molecule has 2 amide bonds. The van der Waals surface area contributed by atoms with Gasteiger partial charge in [0.1, 0.15) is 5.69 Å². The number of nitrogens with zero attached hydrogens (tertiary/aromatic N) is 2. The van der Waals surface area contributed by atoms with Crippen molar-refractivity contribution in [1.82, 2.24) is 15.3 Å². The molecule has 1 aliphatic heterocycles. The van der Waals surface area contributed by atoms with Gasteiger partial charge in [0, 0.05) is 40.3 Å². The van der Waals surface area contributed by atoms with Gasteiger partial charge >= 0.3 is 0 Å². The molecule has 0 unspecified atom stereocenters. The molecule has 0 atom stereocenters. The standard InChI is InChI=1S/C24H24N4O3.3H2/c1-16-22(24(30)27-19-5-3-2-4-6-19)28-21(15-25-16)17-7-9-18(10-8-17)23(29)26-20-11-13-31-14-12-20;;;/h2-10,15,20H,11-14H2,1H3,(H,26,29)(H,27,30);3*1H. The summed E-state index contributed by atoms with van der Waals surface area (Å²) in [6.07, 6.45) is 3.29. The zero-order valence-corrected chi connectivity index (χ0v) is 17.3. The maximum atomic E-state index is 12.7. The van der Waals surface area contributed by atoms with Crippen LogP contribution >= 0.6 is 0 Å². The Kier molecular flexibility index (Phi) is 6.33. The normalized spacial score (nSPS) is 14.1. The predicted octanol–water partition coefficient (Wildman–Crippen LogP) is 4.35. The second kappa shape index (κ2) is 9.49. The van der Waals surface area contributed by atoms with Crippen LogP contribution in [-0.2, 0) is 4.74 Å². The summed E-state index contributed by atoms with van der Waals surface area (Å²) in [5.41, 5.74) is 3.44. The minimum Gasteiger partial charge on any atom is -0.381 e. The number of carbonyl (C=O) groups excluding carboxylic acids is 2. The summed E-state index contributed by atoms with van der Waals surface area (Å²) in [7, 11) is 0. The Morgan fingerprint density at radius 3 is 2.42 bits per heavy atom. The van der Waals surface area contributed by atoms with Gasteiger partial charge in [-0.25, -0.2) is 4.98 Å². The van der Waals surface area contributed by atoms with Gasteiger partial charge in [-0.05, 0) is 44.0 Å². The Labute approximate surface area is 185 Å². The SMILES string of the molecule is Cc1ncc(-c2ccc(C(=O)NC3CCOCC3)cc2)nc1C(=O)Nc1ccccc1.[HH].[HH].[HH]. The fourth-order valence-electron chi connectivity index (χ4n) is 3.42. The highest BCUT2D eigenvalue weighted by atomic mass is 16.5. The van der Waals surface area contributed by atoms with Gasteiger partial charge in [-0.3, -0.25) is 14.6 Å². The summed E-state index contributed by atoms with van der Waals surface area (Å²) in [6, 6.07) is 16.5. The van der Waals surface area contributed by atoms with Crippen LogP contribution in [0.15, 0.2) is 60.8 Å². The van der Waals surface area contributed by atoms with Crippen LogP contribution < -0.4 is 10.6 Å². The largest absolute Gasteiger partial charge is 0.381 e. The summed E-state index contributed by atoms with van der Waals surface area (Å²) in [5.74, 6) is -0.415. The molecule has 0 bridgehead atoms. The molecule has 164 valence electrons. The zero-order chi connectivity index (χ0) is 21.6. The van der Waals surface area contributed by atoms with Crippen LogP contribution in [0.25, 0.3) is 11.3 Å². The maximum Gasteiger partial charge on any atom is 0.276 e. The van der Waals surface area contributed by atoms with E-state index in [4.69, 9.17) is 4.74 Å². The van der Waals surface area contributed by atoms with Crippen LogP contribution in [-0.4, -0.2) is 41.0 Å². The molecule has 0 saturated carbocycles. The molecular formula is C24H30N4O3. The molecule has 1 aromatic heterocycles. The number of carbonyl (C=O) groups is 2. The second-order valence-electron chi connectivity index (χ2n) is 7.45. The van der Waals surface area contributed by atoms with E-state index in [2.05, 4.69) is 20.6 Å². The third-order valence-corrected chi connectivity index (χ3v) is 5.20. The summed E-state index contributed by atoms with van der Waals surface area (Å²) >= 11 is 0. The van der Waals surface area contributed by atoms with Crippen molar-refractivity contribution in [3.05, 3.63) is 77.7 Å². The van der Waals surface area contributed by atoms with Gasteiger partial charge in [0.05, 0.1) is 17.6 Å². The Morgan fingerprint density at radius 1 is 1.00 bits per heavy atom. The molecule has 1 fully saturated rings. The minimum absolute atomic E-state index is 0. The van der Waals surface area contributed by atoms with Crippen molar-refractivity contribution in [3.8, 4) is 11.3 Å². The predicted molar refractivity (Wildman–Crippen MR) is 124 cm³/mol. The summed E-state index contributed by atoms with van der Waals surface area (Å²) in [4.78, 5) is 34.0. The molecule has 0 spiro atoms. The molecule has 4 rings (SSSR count). The van der Waals surface area contributed by atoms with Crippen molar-refractivity contribution in [1.29, 1.82) is 0 Å². The fraction of sp³-hybridized carbons (Fsp3) is 0.250. The van der Waals surface area contributed by atoms with Gasteiger partial charge in [0.15, 0.2) is 0 Å². The summed E-state index contributed by atoms with van der Waals surface area (Å²) < 4.78 is 5.33. The lowest BCUT2D eigenvalue weighted by Crippen LogP contribution is -2.38. The summed E-state index contributed by atoms with van der Waals surface area (Å²) in [5, 5.41) is 5.89. The van der Waals surface area contributed by atoms with E-state index in [1.165, 1.54) is 0 Å². The molecule has 7 nitrogen and oxygen atoms in total. The number of amides is 2. The van der Waals surface area contributed by atoms with E-state index < -0.39 is 0 Å². The van der Waals surface area contributed by atoms with Gasteiger partial charge in [-0.15, -0.1) is 0 Å². The van der Waals surface area contributed by atoms with Gasteiger partial charge in [-0.1, -0.05) is 30.3 Å². The van der Waals surface area contributed by atoms with Crippen LogP contribution in [0.4, 0.5) is 5.69 Å². The van der Waals surface area contributed by atoms with E-state index in [0.29, 0.717) is 35.9 Å². The lowest BCUT2D eigenvalue weighted by molar-refractivity contribution is 0.0696. The average molecular weight is 423 g/mol. The van der Waals surface area contributed by atoms with Crippen LogP contribution in [0.3, 0.4) is 0 Å². The van der Waals surface area contributed by atoms with Crippen molar-refractivity contribution in [3.63, 3.8) is 0 Å². The number of ether oxygens (including phenoxy) is 1. The molecule has 1 saturated heterocycles. The quantitative estimate of drug-likeness (QED) is 0.638. The molecule has 0 radical (unpaired) electrons. The molecule has 7 heteroatoms. The van der Waals surface area contributed by atoms with Crippen LogP contribution in [0.2, 0.25) is 0 Å². The van der Waals surface area contributed by atoms with Crippen molar-refractivity contribution in [2.45, 2.75) is 25.8 Å². The van der Waals surface area contributed by atoms with E-state index >= 15 is 0 Å². The Hall–Kier alpha value is -3.58. The van der Waals surface area contributed by atoms with Crippen LogP contribution in [0.5, 0.6) is 0 Å². The monoisotopic (exact) mass is 422 g/mol. The van der Waals surface area contributed by atoms with Crippen molar-refractivity contribution in [2.24, 2.45) is 0 Å². The maximum absolute atomic E-state index is 12.7. The third-order valence-electron chi connectivity index (χ3n) is 5.20. The van der Waals surface area contributed by atoms with E-state index in [1.807, 2.05) is 42.5 Å². The number of hydrogen-bond acceptors (Lipinski definition) is 5. The van der Waals surface area contributed by atoms with E-state index in [1.54, 1.807) is 25.3 Å². The number of para-hydroxylation sites is 1.